The minimum absolute atomic E-state index is 0.122. The monoisotopic (exact) mass is 786 g/mol. The van der Waals surface area contributed by atoms with Gasteiger partial charge >= 0.3 is 0 Å². The number of nitrogens with zero attached hydrogens (tertiary/aromatic N) is 1. The summed E-state index contributed by atoms with van der Waals surface area (Å²) >= 11 is 6.33. The minimum atomic E-state index is -0.122. The first-order valence-corrected chi connectivity index (χ1v) is 17.1. The molecule has 210 valence electrons. The quantitative estimate of drug-likeness (QED) is 0.150. The fourth-order valence-electron chi connectivity index (χ4n) is 5.89. The number of thioether (sulfide) groups is 1. The Kier molecular flexibility index (Phi) is 9.12. The Balaban J connectivity index is 1.24. The molecule has 0 bridgehead atoms. The third-order valence-corrected chi connectivity index (χ3v) is 10.7. The highest BCUT2D eigenvalue weighted by atomic mass is 127. The van der Waals surface area contributed by atoms with E-state index < -0.39 is 0 Å². The van der Waals surface area contributed by atoms with Crippen molar-refractivity contribution in [2.24, 2.45) is 5.92 Å². The van der Waals surface area contributed by atoms with Gasteiger partial charge in [-0.15, -0.1) is 0 Å². The third-order valence-electron chi connectivity index (χ3n) is 7.99. The fraction of sp³-hybridized carbons (Fsp3) is 0.265. The van der Waals surface area contributed by atoms with Gasteiger partial charge in [0.05, 0.1) is 12.0 Å². The molecule has 0 spiro atoms. The maximum absolute atomic E-state index is 13.9. The van der Waals surface area contributed by atoms with Gasteiger partial charge in [-0.2, -0.15) is 0 Å². The number of nitrogens with one attached hydrogen (secondary N) is 1. The molecule has 1 heterocycles. The zero-order valence-corrected chi connectivity index (χ0v) is 28.0. The summed E-state index contributed by atoms with van der Waals surface area (Å²) in [5, 5.41) is 6.07. The van der Waals surface area contributed by atoms with Gasteiger partial charge in [0.1, 0.15) is 12.4 Å². The van der Waals surface area contributed by atoms with Crippen LogP contribution in [0.4, 0.5) is 5.69 Å². The van der Waals surface area contributed by atoms with Crippen molar-refractivity contribution >= 4 is 85.4 Å². The summed E-state index contributed by atoms with van der Waals surface area (Å²) in [7, 11) is 0. The van der Waals surface area contributed by atoms with Crippen molar-refractivity contribution in [2.75, 3.05) is 5.32 Å². The van der Waals surface area contributed by atoms with E-state index >= 15 is 0 Å². The van der Waals surface area contributed by atoms with Gasteiger partial charge < -0.3 is 15.0 Å². The Morgan fingerprint density at radius 2 is 1.66 bits per heavy atom. The molecule has 4 nitrogen and oxygen atoms in total. The number of benzene rings is 4. The molecule has 1 saturated carbocycles. The van der Waals surface area contributed by atoms with Crippen molar-refractivity contribution in [2.45, 2.75) is 50.8 Å². The van der Waals surface area contributed by atoms with Crippen molar-refractivity contribution in [1.82, 2.24) is 4.90 Å². The van der Waals surface area contributed by atoms with Crippen LogP contribution in [0.3, 0.4) is 0 Å². The Labute approximate surface area is 273 Å². The summed E-state index contributed by atoms with van der Waals surface area (Å²) in [4.78, 5) is 16.8. The smallest absolute Gasteiger partial charge is 0.262 e. The molecule has 1 aliphatic carbocycles. The van der Waals surface area contributed by atoms with Gasteiger partial charge in [0.2, 0.25) is 0 Å². The second kappa shape index (κ2) is 13.0. The summed E-state index contributed by atoms with van der Waals surface area (Å²) in [5.74, 6) is 1.50. The molecule has 4 aromatic carbocycles. The van der Waals surface area contributed by atoms with Crippen molar-refractivity contribution < 1.29 is 9.53 Å². The number of halogens is 2. The molecule has 3 atom stereocenters. The van der Waals surface area contributed by atoms with Gasteiger partial charge in [-0.25, -0.2) is 0 Å². The van der Waals surface area contributed by atoms with Crippen LogP contribution in [0.1, 0.15) is 43.7 Å². The van der Waals surface area contributed by atoms with Crippen LogP contribution in [0.2, 0.25) is 0 Å². The van der Waals surface area contributed by atoms with Crippen LogP contribution in [0.25, 0.3) is 16.8 Å². The number of fused-ring (bicyclic) bond motifs is 1. The van der Waals surface area contributed by atoms with Crippen molar-refractivity contribution in [1.29, 1.82) is 0 Å². The maximum atomic E-state index is 13.9. The third kappa shape index (κ3) is 6.41. The van der Waals surface area contributed by atoms with Crippen LogP contribution in [0.5, 0.6) is 5.75 Å². The molecule has 1 aliphatic heterocycles. The molecule has 1 saturated heterocycles. The van der Waals surface area contributed by atoms with Crippen molar-refractivity contribution in [3.05, 3.63) is 108 Å². The SMILES string of the molecule is C[C@@H]1CCCC[C@@H]1N1C(=O)/C(=C/c2cc(I)c(OCc3cccc4ccccc34)c(I)c2)SC1Nc1ccccc1. The molecule has 1 unspecified atom stereocenters. The molecular formula is C34H32I2N2O2S. The van der Waals surface area contributed by atoms with Gasteiger partial charge in [-0.05, 0) is 116 Å². The van der Waals surface area contributed by atoms with Crippen LogP contribution in [-0.2, 0) is 11.4 Å². The lowest BCUT2D eigenvalue weighted by molar-refractivity contribution is -0.129. The number of carbonyl (C=O) groups is 1. The number of amides is 1. The first-order chi connectivity index (χ1) is 20.0. The standard InChI is InChI=1S/C34H32I2N2O2S/c1-22-10-5-8-17-30(22)38-33(39)31(41-34(38)37-26-14-3-2-4-15-26)20-23-18-28(35)32(29(36)19-23)40-21-25-13-9-12-24-11-6-7-16-27(24)25/h2-4,6-7,9,11-16,18-20,22,30,34,37H,5,8,10,17,21H2,1H3/b31-20-/t22-,30+,34?/m1/s1. The zero-order valence-electron chi connectivity index (χ0n) is 22.9. The van der Waals surface area contributed by atoms with Gasteiger partial charge in [0, 0.05) is 11.7 Å². The Bertz CT molecular complexity index is 1560. The average Bonchev–Trinajstić information content (AvgIpc) is 3.27. The first-order valence-electron chi connectivity index (χ1n) is 14.1. The van der Waals surface area contributed by atoms with E-state index in [0.717, 1.165) is 35.5 Å². The van der Waals surface area contributed by atoms with Crippen LogP contribution in [0.15, 0.2) is 89.8 Å². The van der Waals surface area contributed by atoms with E-state index in [9.17, 15) is 4.79 Å². The molecule has 0 aromatic heterocycles. The number of anilines is 1. The van der Waals surface area contributed by atoms with E-state index in [0.29, 0.717) is 12.5 Å². The molecule has 2 aliphatic rings. The second-order valence-electron chi connectivity index (χ2n) is 10.8. The van der Waals surface area contributed by atoms with Gasteiger partial charge in [0.25, 0.3) is 5.91 Å². The van der Waals surface area contributed by atoms with Crippen molar-refractivity contribution in [3.8, 4) is 5.75 Å². The Morgan fingerprint density at radius 3 is 2.44 bits per heavy atom. The van der Waals surface area contributed by atoms with E-state index in [1.54, 1.807) is 11.8 Å². The van der Waals surface area contributed by atoms with E-state index in [1.807, 2.05) is 18.2 Å². The summed E-state index contributed by atoms with van der Waals surface area (Å²) in [6.45, 7) is 2.80. The van der Waals surface area contributed by atoms with E-state index in [4.69, 9.17) is 4.74 Å². The highest BCUT2D eigenvalue weighted by Crippen LogP contribution is 2.42. The molecule has 7 heteroatoms. The average molecular weight is 787 g/mol. The summed E-state index contributed by atoms with van der Waals surface area (Å²) in [6.07, 6.45) is 6.72. The Hall–Kier alpha value is -2.24. The summed E-state index contributed by atoms with van der Waals surface area (Å²) < 4.78 is 8.45. The van der Waals surface area contributed by atoms with Crippen LogP contribution in [0, 0.1) is 13.1 Å². The number of rotatable bonds is 7. The van der Waals surface area contributed by atoms with Crippen LogP contribution >= 0.6 is 56.9 Å². The lowest BCUT2D eigenvalue weighted by Gasteiger charge is -2.39. The number of ether oxygens (including phenoxy) is 1. The van der Waals surface area contributed by atoms with E-state index in [1.165, 1.54) is 35.6 Å². The van der Waals surface area contributed by atoms with Gasteiger partial charge in [0.15, 0.2) is 5.50 Å². The molecule has 1 N–H and O–H groups in total. The highest BCUT2D eigenvalue weighted by molar-refractivity contribution is 14.1. The topological polar surface area (TPSA) is 41.6 Å². The largest absolute Gasteiger partial charge is 0.487 e. The first kappa shape index (κ1) is 28.9. The van der Waals surface area contributed by atoms with Crippen LogP contribution in [-0.4, -0.2) is 22.3 Å². The molecular weight excluding hydrogens is 754 g/mol. The zero-order chi connectivity index (χ0) is 28.3. The molecule has 2 fully saturated rings. The maximum Gasteiger partial charge on any atom is 0.262 e. The minimum Gasteiger partial charge on any atom is -0.487 e. The lowest BCUT2D eigenvalue weighted by atomic mass is 9.85. The van der Waals surface area contributed by atoms with Gasteiger partial charge in [-0.3, -0.25) is 4.79 Å². The summed E-state index contributed by atoms with van der Waals surface area (Å²) in [5.41, 5.74) is 3.10. The fourth-order valence-corrected chi connectivity index (χ4v) is 9.23. The van der Waals surface area contributed by atoms with E-state index in [2.05, 4.69) is 135 Å². The van der Waals surface area contributed by atoms with Crippen LogP contribution < -0.4 is 10.1 Å². The second-order valence-corrected chi connectivity index (χ2v) is 14.2. The number of carbonyl (C=O) groups excluding carboxylic acids is 1. The number of hydrogen-bond donors (Lipinski definition) is 1. The lowest BCUT2D eigenvalue weighted by Crippen LogP contribution is -2.48. The number of hydrogen-bond acceptors (Lipinski definition) is 4. The van der Waals surface area contributed by atoms with E-state index in [-0.39, 0.29) is 17.4 Å². The molecule has 41 heavy (non-hydrogen) atoms. The highest BCUT2D eigenvalue weighted by Gasteiger charge is 2.42. The Morgan fingerprint density at radius 1 is 0.951 bits per heavy atom. The number of para-hydroxylation sites is 1. The van der Waals surface area contributed by atoms with Crippen molar-refractivity contribution in [3.63, 3.8) is 0 Å². The molecule has 6 rings (SSSR count). The van der Waals surface area contributed by atoms with Gasteiger partial charge in [-0.1, -0.05) is 92.2 Å². The molecule has 0 radical (unpaired) electrons. The molecule has 4 aromatic rings. The predicted molar refractivity (Wildman–Crippen MR) is 188 cm³/mol. The summed E-state index contributed by atoms with van der Waals surface area (Å²) in [6, 6.07) is 29.5. The normalized spacial score (nSPS) is 21.9. The predicted octanol–water partition coefficient (Wildman–Crippen LogP) is 9.52. The molecule has 1 amide bonds.